The number of carbonyl (C=O) groups excluding carboxylic acids is 4. The Balaban J connectivity index is 5.44. The minimum absolute atomic E-state index is 0.0319. The van der Waals surface area contributed by atoms with Gasteiger partial charge in [0.05, 0.1) is 26.4 Å². The van der Waals surface area contributed by atoms with Gasteiger partial charge in [0, 0.05) is 25.7 Å². The van der Waals surface area contributed by atoms with Crippen LogP contribution >= 0.6 is 15.6 Å². The smallest absolute Gasteiger partial charge is 0.462 e. The first kappa shape index (κ1) is 97.2. The topological polar surface area (TPSA) is 237 Å². The highest BCUT2D eigenvalue weighted by molar-refractivity contribution is 7.47. The summed E-state index contributed by atoms with van der Waals surface area (Å²) in [6, 6.07) is 0. The van der Waals surface area contributed by atoms with E-state index in [2.05, 4.69) is 143 Å². The minimum atomic E-state index is -5.00. The van der Waals surface area contributed by atoms with Crippen LogP contribution in [0.25, 0.3) is 0 Å². The van der Waals surface area contributed by atoms with E-state index in [1.54, 1.807) is 0 Å². The van der Waals surface area contributed by atoms with Crippen molar-refractivity contribution in [2.75, 3.05) is 39.6 Å². The highest BCUT2D eigenvalue weighted by Crippen LogP contribution is 2.45. The van der Waals surface area contributed by atoms with E-state index in [1.807, 2.05) is 18.2 Å². The number of allylic oxidation sites excluding steroid dienone is 22. The zero-order chi connectivity index (χ0) is 74.6. The maximum atomic E-state index is 13.1. The number of carbonyl (C=O) groups is 4. The molecule has 584 valence electrons. The van der Waals surface area contributed by atoms with Gasteiger partial charge in [-0.1, -0.05) is 271 Å². The molecule has 0 aromatic heterocycles. The normalized spacial score (nSPS) is 14.6. The Bertz CT molecular complexity index is 2460. The number of aliphatic hydroxyl groups excluding tert-OH is 1. The van der Waals surface area contributed by atoms with Crippen molar-refractivity contribution in [3.63, 3.8) is 0 Å². The van der Waals surface area contributed by atoms with Crippen molar-refractivity contribution < 1.29 is 80.2 Å². The van der Waals surface area contributed by atoms with Gasteiger partial charge >= 0.3 is 39.5 Å². The highest BCUT2D eigenvalue weighted by atomic mass is 31.2. The van der Waals surface area contributed by atoms with E-state index in [0.29, 0.717) is 32.1 Å². The van der Waals surface area contributed by atoms with Crippen molar-refractivity contribution in [2.45, 2.75) is 329 Å². The maximum Gasteiger partial charge on any atom is 0.472 e. The van der Waals surface area contributed by atoms with Crippen LogP contribution in [0.2, 0.25) is 0 Å². The van der Waals surface area contributed by atoms with Crippen LogP contribution in [-0.4, -0.2) is 96.7 Å². The minimum Gasteiger partial charge on any atom is -0.462 e. The van der Waals surface area contributed by atoms with Gasteiger partial charge in [0.1, 0.15) is 19.3 Å². The number of hydrogen-bond donors (Lipinski definition) is 3. The van der Waals surface area contributed by atoms with Crippen LogP contribution in [0.15, 0.2) is 134 Å². The predicted octanol–water partition coefficient (Wildman–Crippen LogP) is 22.9. The Labute approximate surface area is 618 Å². The number of unbranched alkanes of at least 4 members (excludes halogenated alkanes) is 25. The van der Waals surface area contributed by atoms with E-state index in [4.69, 9.17) is 37.0 Å². The molecule has 0 rings (SSSR count). The number of hydrogen-bond acceptors (Lipinski definition) is 15. The summed E-state index contributed by atoms with van der Waals surface area (Å²) >= 11 is 0. The van der Waals surface area contributed by atoms with Crippen LogP contribution in [0.3, 0.4) is 0 Å². The average Bonchev–Trinajstić information content (AvgIpc) is 0.924. The van der Waals surface area contributed by atoms with Crippen molar-refractivity contribution >= 4 is 39.5 Å². The fraction of sp³-hybridized carbons (Fsp3) is 0.687. The summed E-state index contributed by atoms with van der Waals surface area (Å²) in [6.45, 7) is 4.51. The van der Waals surface area contributed by atoms with Crippen LogP contribution in [0, 0.1) is 0 Å². The van der Waals surface area contributed by atoms with Crippen molar-refractivity contribution in [1.82, 2.24) is 0 Å². The van der Waals surface area contributed by atoms with E-state index < -0.39 is 97.5 Å². The van der Waals surface area contributed by atoms with Gasteiger partial charge in [-0.3, -0.25) is 37.3 Å². The summed E-state index contributed by atoms with van der Waals surface area (Å²) in [6.07, 6.45) is 83.1. The number of esters is 4. The molecule has 0 saturated carbocycles. The summed E-state index contributed by atoms with van der Waals surface area (Å²) in [5, 5.41) is 10.6. The molecule has 5 unspecified atom stereocenters. The predicted molar refractivity (Wildman–Crippen MR) is 418 cm³/mol. The summed E-state index contributed by atoms with van der Waals surface area (Å²) in [4.78, 5) is 72.9. The third kappa shape index (κ3) is 73.5. The van der Waals surface area contributed by atoms with Gasteiger partial charge in [0.15, 0.2) is 12.2 Å². The molecule has 0 aliphatic rings. The van der Waals surface area contributed by atoms with Gasteiger partial charge in [-0.2, -0.15) is 0 Å². The number of ether oxygens (including phenoxy) is 4. The average molecular weight is 1470 g/mol. The Kier molecular flexibility index (Phi) is 71.0. The SMILES string of the molecule is CC/C=C\C/C=C\C/C=C\C/C=C\C/C=C\C/C=C\CCC(=O)OCC(COP(=O)(O)OCC(O)COP(=O)(O)OCC(COC(=O)CCCCCCC/C=C\C/C=C\C/C=C\CC)OC(=O)CCCCCCC/C=C\CCCCCC)OC(=O)CCCCCCC/C=C\CCCCCCCC. The fourth-order valence-electron chi connectivity index (χ4n) is 10.1. The Morgan fingerprint density at radius 2 is 0.529 bits per heavy atom. The van der Waals surface area contributed by atoms with Crippen LogP contribution in [0.1, 0.15) is 310 Å². The molecule has 0 radical (unpaired) electrons. The van der Waals surface area contributed by atoms with E-state index in [9.17, 15) is 43.2 Å². The van der Waals surface area contributed by atoms with Crippen molar-refractivity contribution in [3.8, 4) is 0 Å². The van der Waals surface area contributed by atoms with Crippen LogP contribution in [0.5, 0.6) is 0 Å². The summed E-state index contributed by atoms with van der Waals surface area (Å²) in [5.74, 6) is -2.31. The molecule has 0 saturated heterocycles. The molecule has 0 fully saturated rings. The number of phosphoric acid groups is 2. The lowest BCUT2D eigenvalue weighted by atomic mass is 10.1. The molecule has 19 heteroatoms. The Morgan fingerprint density at radius 3 is 0.863 bits per heavy atom. The molecule has 0 aromatic carbocycles. The standard InChI is InChI=1S/C83H140O17P2/c1-5-9-13-17-21-25-29-33-36-37-38-39-42-45-48-52-56-60-64-68-81(86)94-74-79(100-83(88)70-66-62-58-54-50-46-41-35-31-27-23-19-15-11-7-3)76-98-102(91,92)96-72-77(84)71-95-101(89,90)97-75-78(99-82(87)69-65-61-57-53-49-43-32-28-24-20-16-12-8-4)73-93-80(85)67-63-59-55-51-47-44-40-34-30-26-22-18-14-10-6-2/h9-10,13-14,21-22,25-26,28,32-36,38-41,45,48,56,60,77-79,84H,5-8,11-12,15-20,23-24,27,29-31,37,42-44,46-47,49-55,57-59,61-76H2,1-4H3,(H,89,90)(H,91,92)/b13-9-,14-10-,25-21-,26-22-,32-28-,36-33-,39-38-,40-34-,41-35-,48-45-,60-56-. The van der Waals surface area contributed by atoms with Gasteiger partial charge in [-0.05, 0) is 148 Å². The van der Waals surface area contributed by atoms with Crippen molar-refractivity contribution in [1.29, 1.82) is 0 Å². The lowest BCUT2D eigenvalue weighted by Crippen LogP contribution is -2.30. The molecule has 102 heavy (non-hydrogen) atoms. The molecule has 0 amide bonds. The first-order valence-electron chi connectivity index (χ1n) is 39.4. The Morgan fingerprint density at radius 1 is 0.284 bits per heavy atom. The van der Waals surface area contributed by atoms with Gasteiger partial charge in [-0.15, -0.1) is 0 Å². The van der Waals surface area contributed by atoms with Gasteiger partial charge in [0.25, 0.3) is 0 Å². The quantitative estimate of drug-likeness (QED) is 0.0169. The van der Waals surface area contributed by atoms with Crippen LogP contribution in [0.4, 0.5) is 0 Å². The molecule has 0 bridgehead atoms. The number of phosphoric ester groups is 2. The van der Waals surface area contributed by atoms with E-state index in [0.717, 1.165) is 161 Å². The second-order valence-electron chi connectivity index (χ2n) is 25.9. The summed E-state index contributed by atoms with van der Waals surface area (Å²) in [5.41, 5.74) is 0. The Hall–Kier alpha value is -4.80. The lowest BCUT2D eigenvalue weighted by Gasteiger charge is -2.21. The molecule has 0 spiro atoms. The molecule has 0 heterocycles. The van der Waals surface area contributed by atoms with Crippen LogP contribution < -0.4 is 0 Å². The van der Waals surface area contributed by atoms with E-state index >= 15 is 0 Å². The highest BCUT2D eigenvalue weighted by Gasteiger charge is 2.30. The molecule has 0 aliphatic carbocycles. The molecular weight excluding hydrogens is 1330 g/mol. The molecule has 5 atom stereocenters. The number of aliphatic hydroxyl groups is 1. The maximum absolute atomic E-state index is 13.1. The van der Waals surface area contributed by atoms with Crippen molar-refractivity contribution in [2.24, 2.45) is 0 Å². The van der Waals surface area contributed by atoms with E-state index in [-0.39, 0.29) is 25.7 Å². The largest absolute Gasteiger partial charge is 0.472 e. The first-order chi connectivity index (χ1) is 49.7. The monoisotopic (exact) mass is 1470 g/mol. The first-order valence-corrected chi connectivity index (χ1v) is 42.4. The van der Waals surface area contributed by atoms with Crippen LogP contribution in [-0.2, 0) is 65.4 Å². The number of rotatable bonds is 73. The molecule has 0 aliphatic heterocycles. The van der Waals surface area contributed by atoms with Gasteiger partial charge < -0.3 is 33.8 Å². The molecular formula is C83H140O17P2. The third-order valence-electron chi connectivity index (χ3n) is 16.1. The summed E-state index contributed by atoms with van der Waals surface area (Å²) in [7, 11) is -9.99. The lowest BCUT2D eigenvalue weighted by molar-refractivity contribution is -0.161. The van der Waals surface area contributed by atoms with Gasteiger partial charge in [0.2, 0.25) is 0 Å². The second-order valence-corrected chi connectivity index (χ2v) is 28.8. The molecule has 0 aromatic rings. The zero-order valence-electron chi connectivity index (χ0n) is 63.7. The molecule has 3 N–H and O–H groups in total. The fourth-order valence-corrected chi connectivity index (χ4v) is 11.7. The zero-order valence-corrected chi connectivity index (χ0v) is 65.5. The summed E-state index contributed by atoms with van der Waals surface area (Å²) < 4.78 is 68.5. The van der Waals surface area contributed by atoms with Crippen molar-refractivity contribution in [3.05, 3.63) is 134 Å². The van der Waals surface area contributed by atoms with Gasteiger partial charge in [-0.25, -0.2) is 9.13 Å². The van der Waals surface area contributed by atoms with E-state index in [1.165, 1.54) is 64.2 Å². The second kappa shape index (κ2) is 74.5. The third-order valence-corrected chi connectivity index (χ3v) is 18.0. The molecule has 17 nitrogen and oxygen atoms in total.